The van der Waals surface area contributed by atoms with Crippen LogP contribution in [0.15, 0.2) is 48.5 Å². The summed E-state index contributed by atoms with van der Waals surface area (Å²) in [5, 5.41) is 3.53. The van der Waals surface area contributed by atoms with E-state index in [9.17, 15) is 0 Å². The van der Waals surface area contributed by atoms with Gasteiger partial charge in [0.15, 0.2) is 0 Å². The lowest BCUT2D eigenvalue weighted by Crippen LogP contribution is -2.23. The SMILES string of the molecule is c1ccc2c(c1)CC2COc1ccc(CNC2CC2)cc1. The third-order valence-corrected chi connectivity index (χ3v) is 4.51. The summed E-state index contributed by atoms with van der Waals surface area (Å²) >= 11 is 0. The molecule has 0 heterocycles. The van der Waals surface area contributed by atoms with Crippen LogP contribution in [0.5, 0.6) is 5.75 Å². The summed E-state index contributed by atoms with van der Waals surface area (Å²) in [6.07, 6.45) is 3.83. The molecule has 1 fully saturated rings. The molecule has 2 aliphatic carbocycles. The summed E-state index contributed by atoms with van der Waals surface area (Å²) in [6, 6.07) is 17.9. The molecule has 1 saturated carbocycles. The summed E-state index contributed by atoms with van der Waals surface area (Å²) in [7, 11) is 0. The van der Waals surface area contributed by atoms with Gasteiger partial charge in [0.25, 0.3) is 0 Å². The second kappa shape index (κ2) is 5.53. The Labute approximate surface area is 126 Å². The molecule has 2 aromatic rings. The maximum Gasteiger partial charge on any atom is 0.119 e. The van der Waals surface area contributed by atoms with Crippen molar-refractivity contribution in [3.63, 3.8) is 0 Å². The van der Waals surface area contributed by atoms with Crippen LogP contribution in [0.2, 0.25) is 0 Å². The molecule has 2 aromatic carbocycles. The topological polar surface area (TPSA) is 21.3 Å². The Bertz CT molecular complexity index is 616. The molecule has 1 N–H and O–H groups in total. The second-order valence-electron chi connectivity index (χ2n) is 6.21. The monoisotopic (exact) mass is 279 g/mol. The van der Waals surface area contributed by atoms with Crippen LogP contribution in [0.4, 0.5) is 0 Å². The minimum absolute atomic E-state index is 0.567. The van der Waals surface area contributed by atoms with Crippen molar-refractivity contribution in [2.75, 3.05) is 6.61 Å². The van der Waals surface area contributed by atoms with Crippen LogP contribution in [0, 0.1) is 0 Å². The van der Waals surface area contributed by atoms with Crippen LogP contribution >= 0.6 is 0 Å². The molecule has 0 aromatic heterocycles. The quantitative estimate of drug-likeness (QED) is 0.871. The Morgan fingerprint density at radius 1 is 1.00 bits per heavy atom. The molecule has 0 saturated heterocycles. The third kappa shape index (κ3) is 2.96. The lowest BCUT2D eigenvalue weighted by molar-refractivity contribution is 0.275. The van der Waals surface area contributed by atoms with Crippen LogP contribution < -0.4 is 10.1 Å². The minimum Gasteiger partial charge on any atom is -0.493 e. The first-order chi connectivity index (χ1) is 10.4. The highest BCUT2D eigenvalue weighted by Crippen LogP contribution is 2.35. The van der Waals surface area contributed by atoms with Crippen LogP contribution in [0.25, 0.3) is 0 Å². The number of ether oxygens (including phenoxy) is 1. The second-order valence-corrected chi connectivity index (χ2v) is 6.21. The lowest BCUT2D eigenvalue weighted by atomic mass is 9.78. The number of hydrogen-bond acceptors (Lipinski definition) is 2. The van der Waals surface area contributed by atoms with E-state index in [-0.39, 0.29) is 0 Å². The molecule has 0 radical (unpaired) electrons. The predicted octanol–water partition coefficient (Wildman–Crippen LogP) is 3.66. The van der Waals surface area contributed by atoms with Crippen molar-refractivity contribution < 1.29 is 4.74 Å². The van der Waals surface area contributed by atoms with Gasteiger partial charge in [0, 0.05) is 18.5 Å². The molecule has 0 aliphatic heterocycles. The number of rotatable bonds is 6. The molecular formula is C19H21NO. The molecule has 108 valence electrons. The van der Waals surface area contributed by atoms with Crippen LogP contribution in [-0.4, -0.2) is 12.6 Å². The molecule has 1 unspecified atom stereocenters. The molecule has 0 amide bonds. The molecule has 0 bridgehead atoms. The van der Waals surface area contributed by atoms with Crippen molar-refractivity contribution in [3.05, 3.63) is 65.2 Å². The maximum absolute atomic E-state index is 5.94. The predicted molar refractivity (Wildman–Crippen MR) is 84.7 cm³/mol. The fourth-order valence-corrected chi connectivity index (χ4v) is 2.96. The van der Waals surface area contributed by atoms with Crippen LogP contribution in [0.1, 0.15) is 35.4 Å². The molecule has 2 aliphatic rings. The first kappa shape index (κ1) is 12.9. The highest BCUT2D eigenvalue weighted by molar-refractivity contribution is 5.40. The van der Waals surface area contributed by atoms with Gasteiger partial charge in [0.1, 0.15) is 5.75 Å². The van der Waals surface area contributed by atoms with Crippen molar-refractivity contribution in [2.45, 2.75) is 37.8 Å². The van der Waals surface area contributed by atoms with Crippen molar-refractivity contribution in [1.29, 1.82) is 0 Å². The Balaban J connectivity index is 1.29. The van der Waals surface area contributed by atoms with Gasteiger partial charge in [-0.25, -0.2) is 0 Å². The minimum atomic E-state index is 0.567. The van der Waals surface area contributed by atoms with Crippen LogP contribution in [-0.2, 0) is 13.0 Å². The van der Waals surface area contributed by atoms with E-state index >= 15 is 0 Å². The van der Waals surface area contributed by atoms with Crippen LogP contribution in [0.3, 0.4) is 0 Å². The van der Waals surface area contributed by atoms with Crippen molar-refractivity contribution in [3.8, 4) is 5.75 Å². The smallest absolute Gasteiger partial charge is 0.119 e. The standard InChI is InChI=1S/C19H21NO/c1-2-4-19-15(3-1)11-16(19)13-21-18-9-5-14(6-10-18)12-20-17-7-8-17/h1-6,9-10,16-17,20H,7-8,11-13H2. The summed E-state index contributed by atoms with van der Waals surface area (Å²) < 4.78 is 5.94. The Kier molecular flexibility index (Phi) is 3.40. The zero-order valence-electron chi connectivity index (χ0n) is 12.2. The van der Waals surface area contributed by atoms with Gasteiger partial charge in [-0.2, -0.15) is 0 Å². The van der Waals surface area contributed by atoms with Gasteiger partial charge in [-0.05, 0) is 48.1 Å². The average Bonchev–Trinajstić information content (AvgIpc) is 3.32. The number of nitrogens with one attached hydrogen (secondary N) is 1. The molecule has 0 spiro atoms. The lowest BCUT2D eigenvalue weighted by Gasteiger charge is -2.29. The number of benzene rings is 2. The van der Waals surface area contributed by atoms with Crippen molar-refractivity contribution in [2.24, 2.45) is 0 Å². The first-order valence-corrected chi connectivity index (χ1v) is 7.91. The van der Waals surface area contributed by atoms with Gasteiger partial charge in [0.05, 0.1) is 6.61 Å². The van der Waals surface area contributed by atoms with Gasteiger partial charge >= 0.3 is 0 Å². The Morgan fingerprint density at radius 2 is 1.81 bits per heavy atom. The van der Waals surface area contributed by atoms with E-state index in [2.05, 4.69) is 53.8 Å². The van der Waals surface area contributed by atoms with Gasteiger partial charge < -0.3 is 10.1 Å². The molecular weight excluding hydrogens is 258 g/mol. The summed E-state index contributed by atoms with van der Waals surface area (Å²) in [5.41, 5.74) is 4.28. The maximum atomic E-state index is 5.94. The first-order valence-electron chi connectivity index (χ1n) is 7.91. The van der Waals surface area contributed by atoms with E-state index in [1.54, 1.807) is 0 Å². The molecule has 1 atom stereocenters. The highest BCUT2D eigenvalue weighted by atomic mass is 16.5. The van der Waals surface area contributed by atoms with E-state index in [4.69, 9.17) is 4.74 Å². The van der Waals surface area contributed by atoms with Crippen molar-refractivity contribution >= 4 is 0 Å². The summed E-state index contributed by atoms with van der Waals surface area (Å²) in [6.45, 7) is 1.76. The Hall–Kier alpha value is -1.80. The summed E-state index contributed by atoms with van der Waals surface area (Å²) in [5.74, 6) is 1.55. The third-order valence-electron chi connectivity index (χ3n) is 4.51. The average molecular weight is 279 g/mol. The van der Waals surface area contributed by atoms with E-state index in [1.165, 1.54) is 29.5 Å². The zero-order valence-corrected chi connectivity index (χ0v) is 12.2. The molecule has 21 heavy (non-hydrogen) atoms. The largest absolute Gasteiger partial charge is 0.493 e. The molecule has 2 heteroatoms. The van der Waals surface area contributed by atoms with Gasteiger partial charge in [-0.1, -0.05) is 36.4 Å². The van der Waals surface area contributed by atoms with E-state index in [0.29, 0.717) is 5.92 Å². The molecule has 4 rings (SSSR count). The Morgan fingerprint density at radius 3 is 2.57 bits per heavy atom. The van der Waals surface area contributed by atoms with Crippen molar-refractivity contribution in [1.82, 2.24) is 5.32 Å². The van der Waals surface area contributed by atoms with Gasteiger partial charge in [-0.15, -0.1) is 0 Å². The molecule has 2 nitrogen and oxygen atoms in total. The van der Waals surface area contributed by atoms with Gasteiger partial charge in [-0.3, -0.25) is 0 Å². The summed E-state index contributed by atoms with van der Waals surface area (Å²) in [4.78, 5) is 0. The highest BCUT2D eigenvalue weighted by Gasteiger charge is 2.25. The fraction of sp³-hybridized carbons (Fsp3) is 0.368. The van der Waals surface area contributed by atoms with Gasteiger partial charge in [0.2, 0.25) is 0 Å². The zero-order chi connectivity index (χ0) is 14.1. The normalized spacial score (nSPS) is 19.7. The van der Waals surface area contributed by atoms with E-state index < -0.39 is 0 Å². The number of fused-ring (bicyclic) bond motifs is 1. The van der Waals surface area contributed by atoms with E-state index in [0.717, 1.165) is 31.4 Å². The van der Waals surface area contributed by atoms with E-state index in [1.807, 2.05) is 0 Å². The number of hydrogen-bond donors (Lipinski definition) is 1. The fourth-order valence-electron chi connectivity index (χ4n) is 2.96.